The van der Waals surface area contributed by atoms with E-state index in [0.717, 1.165) is 17.8 Å². The molecule has 2 bridgehead atoms. The Morgan fingerprint density at radius 1 is 0.696 bits per heavy atom. The lowest BCUT2D eigenvalue weighted by atomic mass is 9.67. The van der Waals surface area contributed by atoms with Gasteiger partial charge >= 0.3 is 0 Å². The molecule has 2 saturated carbocycles. The van der Waals surface area contributed by atoms with Crippen molar-refractivity contribution in [2.75, 3.05) is 52.9 Å². The number of hydrogen-bond donors (Lipinski definition) is 1. The molecule has 0 aliphatic heterocycles. The molecule has 0 amide bonds. The molecule has 0 aromatic heterocycles. The van der Waals surface area contributed by atoms with E-state index in [1.807, 2.05) is 0 Å². The first-order valence-corrected chi connectivity index (χ1v) is 9.23. The molecule has 23 heavy (non-hydrogen) atoms. The molecule has 2 atom stereocenters. The highest BCUT2D eigenvalue weighted by Crippen LogP contribution is 2.43. The Labute approximate surface area is 140 Å². The summed E-state index contributed by atoms with van der Waals surface area (Å²) in [5.41, 5.74) is 0. The van der Waals surface area contributed by atoms with Crippen molar-refractivity contribution in [2.45, 2.75) is 45.1 Å². The molecule has 0 saturated heterocycles. The summed E-state index contributed by atoms with van der Waals surface area (Å²) in [6, 6.07) is 0. The molecule has 0 heterocycles. The van der Waals surface area contributed by atoms with Crippen LogP contribution in [0.2, 0.25) is 0 Å². The molecule has 136 valence electrons. The van der Waals surface area contributed by atoms with Gasteiger partial charge in [0.05, 0.1) is 59.0 Å². The highest BCUT2D eigenvalue weighted by Gasteiger charge is 2.34. The summed E-state index contributed by atoms with van der Waals surface area (Å²) in [4.78, 5) is 0. The van der Waals surface area contributed by atoms with Gasteiger partial charge in [-0.3, -0.25) is 0 Å². The van der Waals surface area contributed by atoms with E-state index in [9.17, 15) is 0 Å². The average molecular weight is 330 g/mol. The van der Waals surface area contributed by atoms with Crippen molar-refractivity contribution < 1.29 is 24.1 Å². The predicted octanol–water partition coefficient (Wildman–Crippen LogP) is 2.26. The molecule has 2 fully saturated rings. The van der Waals surface area contributed by atoms with Crippen molar-refractivity contribution in [3.63, 3.8) is 0 Å². The topological polar surface area (TPSA) is 57.2 Å². The fraction of sp³-hybridized carbons (Fsp3) is 1.00. The van der Waals surface area contributed by atoms with E-state index < -0.39 is 0 Å². The van der Waals surface area contributed by atoms with E-state index in [2.05, 4.69) is 6.92 Å². The third-order valence-corrected chi connectivity index (χ3v) is 4.89. The molecule has 1 N–H and O–H groups in total. The summed E-state index contributed by atoms with van der Waals surface area (Å²) >= 11 is 0. The van der Waals surface area contributed by atoms with E-state index in [4.69, 9.17) is 24.1 Å². The van der Waals surface area contributed by atoms with Crippen LogP contribution in [0, 0.1) is 17.8 Å². The van der Waals surface area contributed by atoms with Crippen LogP contribution in [0.3, 0.4) is 0 Å². The summed E-state index contributed by atoms with van der Waals surface area (Å²) in [5, 5.41) is 8.54. The van der Waals surface area contributed by atoms with Crippen LogP contribution in [-0.2, 0) is 18.9 Å². The fourth-order valence-electron chi connectivity index (χ4n) is 4.14. The SMILES string of the molecule is CC1CC2CC(C1)CC(OCCOCCOCCOCCO)C2. The largest absolute Gasteiger partial charge is 0.394 e. The number of ether oxygens (including phenoxy) is 4. The van der Waals surface area contributed by atoms with E-state index in [-0.39, 0.29) is 6.61 Å². The van der Waals surface area contributed by atoms with Gasteiger partial charge in [0, 0.05) is 0 Å². The number of rotatable bonds is 12. The molecular formula is C18H34O5. The van der Waals surface area contributed by atoms with E-state index in [0.29, 0.717) is 52.4 Å². The molecule has 2 unspecified atom stereocenters. The minimum Gasteiger partial charge on any atom is -0.394 e. The van der Waals surface area contributed by atoms with Gasteiger partial charge in [-0.1, -0.05) is 6.92 Å². The lowest BCUT2D eigenvalue weighted by Crippen LogP contribution is -2.34. The van der Waals surface area contributed by atoms with Crippen molar-refractivity contribution in [2.24, 2.45) is 17.8 Å². The number of aliphatic hydroxyl groups is 1. The summed E-state index contributed by atoms with van der Waals surface area (Å²) in [5.74, 6) is 2.70. The summed E-state index contributed by atoms with van der Waals surface area (Å²) in [6.45, 7) is 6.41. The Balaban J connectivity index is 1.38. The van der Waals surface area contributed by atoms with Gasteiger partial charge in [-0.2, -0.15) is 0 Å². The second kappa shape index (κ2) is 11.4. The second-order valence-corrected chi connectivity index (χ2v) is 7.07. The Bertz CT molecular complexity index is 281. The maximum atomic E-state index is 8.54. The normalized spacial score (nSPS) is 30.5. The van der Waals surface area contributed by atoms with Crippen molar-refractivity contribution in [3.05, 3.63) is 0 Å². The third kappa shape index (κ3) is 7.94. The van der Waals surface area contributed by atoms with Crippen LogP contribution in [0.1, 0.15) is 39.0 Å². The van der Waals surface area contributed by atoms with E-state index in [1.165, 1.54) is 32.1 Å². The molecule has 5 nitrogen and oxygen atoms in total. The maximum Gasteiger partial charge on any atom is 0.0704 e. The van der Waals surface area contributed by atoms with Gasteiger partial charge in [0.15, 0.2) is 0 Å². The van der Waals surface area contributed by atoms with Gasteiger partial charge in [-0.15, -0.1) is 0 Å². The molecule has 2 aliphatic carbocycles. The van der Waals surface area contributed by atoms with Gasteiger partial charge in [-0.25, -0.2) is 0 Å². The van der Waals surface area contributed by atoms with Crippen LogP contribution in [0.25, 0.3) is 0 Å². The molecule has 0 radical (unpaired) electrons. The number of hydrogen-bond acceptors (Lipinski definition) is 5. The molecule has 0 aromatic rings. The molecular weight excluding hydrogens is 296 g/mol. The number of aliphatic hydroxyl groups excluding tert-OH is 1. The highest BCUT2D eigenvalue weighted by atomic mass is 16.6. The molecule has 0 spiro atoms. The molecule has 2 aliphatic rings. The first kappa shape index (κ1) is 19.1. The Morgan fingerprint density at radius 3 is 1.78 bits per heavy atom. The zero-order chi connectivity index (χ0) is 16.3. The third-order valence-electron chi connectivity index (χ3n) is 4.89. The maximum absolute atomic E-state index is 8.54. The van der Waals surface area contributed by atoms with Crippen LogP contribution < -0.4 is 0 Å². The Morgan fingerprint density at radius 2 is 1.22 bits per heavy atom. The van der Waals surface area contributed by atoms with Gasteiger partial charge in [0.25, 0.3) is 0 Å². The van der Waals surface area contributed by atoms with Crippen LogP contribution in [-0.4, -0.2) is 64.1 Å². The quantitative estimate of drug-likeness (QED) is 0.556. The zero-order valence-corrected chi connectivity index (χ0v) is 14.6. The second-order valence-electron chi connectivity index (χ2n) is 7.07. The highest BCUT2D eigenvalue weighted by molar-refractivity contribution is 4.85. The van der Waals surface area contributed by atoms with Crippen molar-refractivity contribution >= 4 is 0 Å². The fourth-order valence-corrected chi connectivity index (χ4v) is 4.14. The van der Waals surface area contributed by atoms with Crippen LogP contribution in [0.5, 0.6) is 0 Å². The van der Waals surface area contributed by atoms with Gasteiger partial charge in [0.1, 0.15) is 0 Å². The molecule has 2 rings (SSSR count). The van der Waals surface area contributed by atoms with Crippen molar-refractivity contribution in [3.8, 4) is 0 Å². The van der Waals surface area contributed by atoms with Gasteiger partial charge in [-0.05, 0) is 49.9 Å². The summed E-state index contributed by atoms with van der Waals surface area (Å²) < 4.78 is 22.0. The lowest BCUT2D eigenvalue weighted by Gasteiger charge is -2.41. The average Bonchev–Trinajstić information content (AvgIpc) is 2.51. The van der Waals surface area contributed by atoms with Crippen molar-refractivity contribution in [1.82, 2.24) is 0 Å². The van der Waals surface area contributed by atoms with Gasteiger partial charge < -0.3 is 24.1 Å². The molecule has 5 heteroatoms. The van der Waals surface area contributed by atoms with Crippen LogP contribution in [0.15, 0.2) is 0 Å². The van der Waals surface area contributed by atoms with Crippen molar-refractivity contribution in [1.29, 1.82) is 0 Å². The summed E-state index contributed by atoms with van der Waals surface area (Å²) in [6.07, 6.45) is 7.17. The Hall–Kier alpha value is -0.200. The first-order chi connectivity index (χ1) is 11.3. The smallest absolute Gasteiger partial charge is 0.0704 e. The minimum atomic E-state index is 0.0601. The van der Waals surface area contributed by atoms with Crippen LogP contribution in [0.4, 0.5) is 0 Å². The minimum absolute atomic E-state index is 0.0601. The van der Waals surface area contributed by atoms with Crippen LogP contribution >= 0.6 is 0 Å². The predicted molar refractivity (Wildman–Crippen MR) is 88.5 cm³/mol. The lowest BCUT2D eigenvalue weighted by molar-refractivity contribution is -0.0527. The standard InChI is InChI=1S/C18H34O5/c1-15-10-16-12-17(11-15)14-18(13-16)23-9-8-22-7-6-21-5-4-20-3-2-19/h15-19H,2-14H2,1H3. The Kier molecular flexibility index (Phi) is 9.46. The molecule has 0 aromatic carbocycles. The van der Waals surface area contributed by atoms with E-state index in [1.54, 1.807) is 0 Å². The van der Waals surface area contributed by atoms with Gasteiger partial charge in [0.2, 0.25) is 0 Å². The zero-order valence-electron chi connectivity index (χ0n) is 14.6. The first-order valence-electron chi connectivity index (χ1n) is 9.23. The summed E-state index contributed by atoms with van der Waals surface area (Å²) in [7, 11) is 0. The van der Waals surface area contributed by atoms with E-state index >= 15 is 0 Å². The monoisotopic (exact) mass is 330 g/mol. The number of fused-ring (bicyclic) bond motifs is 2.